The summed E-state index contributed by atoms with van der Waals surface area (Å²) in [6.45, 7) is 38.3. The second-order valence-electron chi connectivity index (χ2n) is 23.8. The first-order valence-corrected chi connectivity index (χ1v) is 30.8. The molecule has 1 aliphatic carbocycles. The number of quaternary nitrogens is 2. The van der Waals surface area contributed by atoms with Crippen LogP contribution in [0.5, 0.6) is 11.5 Å². The minimum absolute atomic E-state index is 0. The van der Waals surface area contributed by atoms with Crippen molar-refractivity contribution in [3.63, 3.8) is 0 Å². The van der Waals surface area contributed by atoms with Crippen molar-refractivity contribution < 1.29 is 51.0 Å². The first-order valence-electron chi connectivity index (χ1n) is 30.8. The van der Waals surface area contributed by atoms with E-state index >= 15 is 0 Å². The zero-order valence-electron chi connectivity index (χ0n) is 53.5. The van der Waals surface area contributed by atoms with Crippen molar-refractivity contribution >= 4 is 18.6 Å². The number of unbranched alkanes of at least 4 members (excludes halogenated alkanes) is 8. The third-order valence-electron chi connectivity index (χ3n) is 17.4. The summed E-state index contributed by atoms with van der Waals surface area (Å²) in [4.78, 5) is 19.1. The van der Waals surface area contributed by atoms with Gasteiger partial charge in [-0.2, -0.15) is 0 Å². The second-order valence-corrected chi connectivity index (χ2v) is 23.8. The molecule has 0 amide bonds. The van der Waals surface area contributed by atoms with E-state index in [9.17, 15) is 10.2 Å². The number of phenolic OH excluding ortho intramolecular Hbond substituents is 2. The van der Waals surface area contributed by atoms with E-state index < -0.39 is 6.16 Å². The number of rotatable bonds is 38. The smallest absolute Gasteiger partial charge is 0.503 e. The number of aliphatic imine (C=N–C) groups is 2. The van der Waals surface area contributed by atoms with Gasteiger partial charge >= 0.3 is 6.16 Å². The van der Waals surface area contributed by atoms with Gasteiger partial charge in [-0.15, -0.1) is 0 Å². The van der Waals surface area contributed by atoms with Gasteiger partial charge in [-0.05, 0) is 149 Å². The quantitative estimate of drug-likeness (QED) is 0.0303. The molecule has 2 atom stereocenters. The fraction of sp³-hybridized carbons (Fsp3) is 0.735. The van der Waals surface area contributed by atoms with Gasteiger partial charge in [0.1, 0.15) is 11.5 Å². The van der Waals surface area contributed by atoms with E-state index in [0.29, 0.717) is 11.5 Å². The maximum Gasteiger partial charge on any atom is 0.503 e. The summed E-state index contributed by atoms with van der Waals surface area (Å²) in [5.41, 5.74) is 6.34. The maximum atomic E-state index is 11.8. The van der Waals surface area contributed by atoms with Crippen molar-refractivity contribution in [2.75, 3.05) is 52.4 Å². The molecule has 1 aliphatic rings. The van der Waals surface area contributed by atoms with Crippen molar-refractivity contribution in [3.8, 4) is 11.5 Å². The monoisotopic (exact) mass is 1140 g/mol. The van der Waals surface area contributed by atoms with Crippen LogP contribution in [-0.2, 0) is 27.6 Å². The summed E-state index contributed by atoms with van der Waals surface area (Å²) >= 11 is 0. The first kappa shape index (κ1) is 79.3. The van der Waals surface area contributed by atoms with E-state index in [-0.39, 0.29) is 62.0 Å². The third-order valence-corrected chi connectivity index (χ3v) is 17.4. The fourth-order valence-electron chi connectivity index (χ4n) is 12.2. The van der Waals surface area contributed by atoms with Gasteiger partial charge in [-0.1, -0.05) is 158 Å². The van der Waals surface area contributed by atoms with E-state index in [1.165, 1.54) is 201 Å². The van der Waals surface area contributed by atoms with Crippen molar-refractivity contribution in [1.82, 2.24) is 0 Å². The molecule has 4 N–H and O–H groups in total. The molecule has 0 aliphatic heterocycles. The van der Waals surface area contributed by atoms with E-state index in [1.54, 1.807) is 0 Å². The Morgan fingerprint density at radius 3 is 0.987 bits per heavy atom. The fourth-order valence-corrected chi connectivity index (χ4v) is 12.2. The molecule has 0 saturated heterocycles. The van der Waals surface area contributed by atoms with Gasteiger partial charge in [0.25, 0.3) is 0 Å². The number of carbonyl (C=O) groups is 1. The largest absolute Gasteiger partial charge is 0.507 e. The molecule has 78 heavy (non-hydrogen) atoms. The summed E-state index contributed by atoms with van der Waals surface area (Å²) in [7, 11) is 0. The Kier molecular flexibility index (Phi) is 43.6. The Bertz CT molecular complexity index is 1820. The van der Waals surface area contributed by atoms with Crippen molar-refractivity contribution in [3.05, 3.63) is 79.9 Å². The van der Waals surface area contributed by atoms with E-state index in [0.717, 1.165) is 60.8 Å². The minimum atomic E-state index is -1.83. The number of nitrogens with zero attached hydrogens (tertiary/aromatic N) is 4. The molecule has 0 bridgehead atoms. The number of phenols is 2. The molecule has 2 aromatic carbocycles. The topological polar surface area (TPSA) is 123 Å². The first-order chi connectivity index (χ1) is 35.4. The van der Waals surface area contributed by atoms with Gasteiger partial charge < -0.3 is 51.7 Å². The van der Waals surface area contributed by atoms with Crippen molar-refractivity contribution in [1.29, 1.82) is 0 Å². The molecule has 0 spiro atoms. The van der Waals surface area contributed by atoms with Crippen molar-refractivity contribution in [2.24, 2.45) is 9.98 Å². The molecule has 9 nitrogen and oxygen atoms in total. The molecular formula is C68H125CoN4O5-. The molecule has 1 saturated carbocycles. The number of hydrogen-bond acceptors (Lipinski definition) is 5. The molecule has 2 unspecified atom stereocenters. The summed E-state index contributed by atoms with van der Waals surface area (Å²) < 4.78 is 2.58. The van der Waals surface area contributed by atoms with Crippen LogP contribution in [0.3, 0.4) is 0 Å². The van der Waals surface area contributed by atoms with E-state index in [4.69, 9.17) is 25.0 Å². The Hall–Kier alpha value is -2.92. The summed E-state index contributed by atoms with van der Waals surface area (Å²) in [5.74, 6) is 0.706. The van der Waals surface area contributed by atoms with Gasteiger partial charge in [-0.25, -0.2) is 4.79 Å². The molecule has 457 valence electrons. The van der Waals surface area contributed by atoms with Crippen LogP contribution in [0.15, 0.2) is 34.3 Å². The SMILES string of the molecule is CCCCC(C)(CCCC)c1cc(C)c(O)c(C=NC2CCCCC2N=Cc2cc(C(C)(CCC[N+](CCCC)(CCCC)CCCC)CCC[N+](CCCC)(CCCC)CCCC)cc(C)c2O)c1.O=C(O)O.[CH3-].[CH3-].[CH3-].[Co]. The van der Waals surface area contributed by atoms with E-state index in [2.05, 4.69) is 100 Å². The Labute approximate surface area is 493 Å². The molecule has 0 aromatic heterocycles. The Balaban J connectivity index is -0.00000678. The summed E-state index contributed by atoms with van der Waals surface area (Å²) in [5, 5.41) is 37.1. The van der Waals surface area contributed by atoms with Crippen LogP contribution < -0.4 is 0 Å². The van der Waals surface area contributed by atoms with Gasteiger partial charge in [0.2, 0.25) is 0 Å². The molecule has 1 radical (unpaired) electrons. The predicted molar refractivity (Wildman–Crippen MR) is 338 cm³/mol. The van der Waals surface area contributed by atoms with Crippen LogP contribution in [-0.4, -0.2) is 112 Å². The maximum absolute atomic E-state index is 11.8. The minimum Gasteiger partial charge on any atom is -0.507 e. The molecule has 3 rings (SSSR count). The molecule has 2 aromatic rings. The molecular weight excluding hydrogens is 1010 g/mol. The Morgan fingerprint density at radius 2 is 0.731 bits per heavy atom. The van der Waals surface area contributed by atoms with Crippen LogP contribution in [0.1, 0.15) is 270 Å². The van der Waals surface area contributed by atoms with Crippen LogP contribution in [0.2, 0.25) is 0 Å². The van der Waals surface area contributed by atoms with Crippen LogP contribution in [0.25, 0.3) is 0 Å². The molecule has 1 fully saturated rings. The van der Waals surface area contributed by atoms with Crippen LogP contribution in [0, 0.1) is 36.1 Å². The average molecular weight is 1140 g/mol. The number of benzene rings is 2. The molecule has 10 heteroatoms. The summed E-state index contributed by atoms with van der Waals surface area (Å²) in [6.07, 6.45) is 33.8. The van der Waals surface area contributed by atoms with Gasteiger partial charge in [0, 0.05) is 40.3 Å². The number of aromatic hydroxyl groups is 2. The second kappa shape index (κ2) is 42.9. The number of aryl methyl sites for hydroxylation is 2. The number of hydrogen-bond donors (Lipinski definition) is 4. The third kappa shape index (κ3) is 27.2. The normalized spacial score (nSPS) is 15.0. The van der Waals surface area contributed by atoms with Crippen LogP contribution in [0.4, 0.5) is 4.79 Å². The van der Waals surface area contributed by atoms with Gasteiger partial charge in [0.15, 0.2) is 0 Å². The van der Waals surface area contributed by atoms with E-state index in [1.807, 2.05) is 19.4 Å². The van der Waals surface area contributed by atoms with Crippen molar-refractivity contribution in [2.45, 2.75) is 273 Å². The zero-order chi connectivity index (χ0) is 55.0. The zero-order valence-corrected chi connectivity index (χ0v) is 54.5. The molecule has 0 heterocycles. The van der Waals surface area contributed by atoms with Crippen LogP contribution >= 0.6 is 0 Å². The Morgan fingerprint density at radius 1 is 0.487 bits per heavy atom. The standard InChI is InChI=1S/C64H112N4O2.CH2O3.3CH3.Co/c1-13-21-35-63(11,36-22-14-2)57-47-53(9)61(69)55(49-57)51-65-59-33-29-30-34-60(59)66-52-56-50-58(48-54(10)62(56)70)64(12,37-31-45-67(39-23-15-3,40-24-16-4)41-25-17-5)38-32-46-68(42-26-18-6,43-27-19-7)44-28-20-8;2-1(3)4;;;;/h47-52,59-60H,13-46H2,1-12H3;(H2,2,3,4);3*1H3;/q;;3*-1;/p+2. The predicted octanol–water partition coefficient (Wildman–Crippen LogP) is 19.0. The van der Waals surface area contributed by atoms with Gasteiger partial charge in [0.05, 0.1) is 64.4 Å². The summed E-state index contributed by atoms with van der Waals surface area (Å²) in [6, 6.07) is 9.18. The average Bonchev–Trinajstić information content (AvgIpc) is 3.38. The number of carboxylic acid groups (broad SMARTS) is 2. The van der Waals surface area contributed by atoms with Gasteiger partial charge in [-0.3, -0.25) is 9.98 Å².